The first kappa shape index (κ1) is 13.9. The second kappa shape index (κ2) is 5.50. The summed E-state index contributed by atoms with van der Waals surface area (Å²) in [6.45, 7) is 2.67. The van der Waals surface area contributed by atoms with Crippen LogP contribution in [0.15, 0.2) is 47.3 Å². The first-order valence-electron chi connectivity index (χ1n) is 7.79. The zero-order chi connectivity index (χ0) is 15.8. The lowest BCUT2D eigenvalue weighted by atomic mass is 10.1. The molecule has 3 heterocycles. The van der Waals surface area contributed by atoms with E-state index in [-0.39, 0.29) is 11.9 Å². The van der Waals surface area contributed by atoms with E-state index in [2.05, 4.69) is 9.97 Å². The second-order valence-electron chi connectivity index (χ2n) is 5.90. The maximum absolute atomic E-state index is 12.9. The SMILES string of the molecule is Cc1cc2cc(C(=O)N3CCCC3c3ccncn3)ccc2o1. The predicted octanol–water partition coefficient (Wildman–Crippen LogP) is 3.51. The Bertz CT molecular complexity index is 857. The van der Waals surface area contributed by atoms with E-state index in [0.29, 0.717) is 5.56 Å². The number of rotatable bonds is 2. The molecule has 1 unspecified atom stereocenters. The molecule has 0 radical (unpaired) electrons. The fourth-order valence-electron chi connectivity index (χ4n) is 3.29. The summed E-state index contributed by atoms with van der Waals surface area (Å²) in [4.78, 5) is 23.1. The summed E-state index contributed by atoms with van der Waals surface area (Å²) in [6, 6.07) is 9.49. The molecule has 1 amide bonds. The highest BCUT2D eigenvalue weighted by Crippen LogP contribution is 2.32. The summed E-state index contributed by atoms with van der Waals surface area (Å²) >= 11 is 0. The lowest BCUT2D eigenvalue weighted by Gasteiger charge is -2.24. The molecule has 0 bridgehead atoms. The van der Waals surface area contributed by atoms with Gasteiger partial charge in [0.25, 0.3) is 5.91 Å². The van der Waals surface area contributed by atoms with E-state index in [4.69, 9.17) is 4.42 Å². The molecule has 0 N–H and O–H groups in total. The van der Waals surface area contributed by atoms with Gasteiger partial charge in [0.1, 0.15) is 17.7 Å². The maximum Gasteiger partial charge on any atom is 0.254 e. The minimum atomic E-state index is 0.0345. The van der Waals surface area contributed by atoms with E-state index in [1.165, 1.54) is 6.33 Å². The van der Waals surface area contributed by atoms with Gasteiger partial charge in [-0.2, -0.15) is 0 Å². The van der Waals surface area contributed by atoms with Crippen molar-refractivity contribution in [2.24, 2.45) is 0 Å². The molecular weight excluding hydrogens is 290 g/mol. The third-order valence-corrected chi connectivity index (χ3v) is 4.35. The van der Waals surface area contributed by atoms with Crippen LogP contribution in [0, 0.1) is 6.92 Å². The molecule has 0 aliphatic carbocycles. The zero-order valence-electron chi connectivity index (χ0n) is 12.9. The first-order valence-corrected chi connectivity index (χ1v) is 7.79. The molecule has 116 valence electrons. The number of aromatic nitrogens is 2. The third-order valence-electron chi connectivity index (χ3n) is 4.35. The molecule has 5 nitrogen and oxygen atoms in total. The molecule has 3 aromatic rings. The quantitative estimate of drug-likeness (QED) is 0.727. The summed E-state index contributed by atoms with van der Waals surface area (Å²) in [5, 5.41) is 0.964. The average molecular weight is 307 g/mol. The number of hydrogen-bond donors (Lipinski definition) is 0. The molecule has 0 saturated carbocycles. The molecule has 5 heteroatoms. The Morgan fingerprint density at radius 1 is 1.30 bits per heavy atom. The number of aryl methyl sites for hydroxylation is 1. The Hall–Kier alpha value is -2.69. The fourth-order valence-corrected chi connectivity index (χ4v) is 3.29. The molecule has 23 heavy (non-hydrogen) atoms. The van der Waals surface area contributed by atoms with Gasteiger partial charge in [0.15, 0.2) is 0 Å². The van der Waals surface area contributed by atoms with Crippen molar-refractivity contribution in [1.82, 2.24) is 14.9 Å². The highest BCUT2D eigenvalue weighted by molar-refractivity contribution is 5.98. The van der Waals surface area contributed by atoms with Crippen molar-refractivity contribution in [2.45, 2.75) is 25.8 Å². The van der Waals surface area contributed by atoms with Gasteiger partial charge in [-0.05, 0) is 50.1 Å². The monoisotopic (exact) mass is 307 g/mol. The number of likely N-dealkylation sites (tertiary alicyclic amines) is 1. The minimum Gasteiger partial charge on any atom is -0.461 e. The summed E-state index contributed by atoms with van der Waals surface area (Å²) < 4.78 is 5.58. The van der Waals surface area contributed by atoms with Gasteiger partial charge in [0, 0.05) is 23.7 Å². The normalized spacial score (nSPS) is 17.8. The first-order chi connectivity index (χ1) is 11.2. The number of amides is 1. The van der Waals surface area contributed by atoms with Gasteiger partial charge in [-0.3, -0.25) is 4.79 Å². The number of furan rings is 1. The molecule has 2 aromatic heterocycles. The van der Waals surface area contributed by atoms with Crippen LogP contribution in [0.3, 0.4) is 0 Å². The Morgan fingerprint density at radius 2 is 2.22 bits per heavy atom. The number of fused-ring (bicyclic) bond motifs is 1. The van der Waals surface area contributed by atoms with Crippen LogP contribution in [-0.2, 0) is 0 Å². The summed E-state index contributed by atoms with van der Waals surface area (Å²) in [6.07, 6.45) is 5.20. The third kappa shape index (κ3) is 2.48. The van der Waals surface area contributed by atoms with E-state index in [1.807, 2.05) is 42.2 Å². The Balaban J connectivity index is 1.66. The van der Waals surface area contributed by atoms with E-state index in [0.717, 1.165) is 41.8 Å². The van der Waals surface area contributed by atoms with E-state index in [1.54, 1.807) is 6.20 Å². The van der Waals surface area contributed by atoms with Crippen LogP contribution in [0.25, 0.3) is 11.0 Å². The molecule has 1 fully saturated rings. The van der Waals surface area contributed by atoms with Crippen molar-refractivity contribution in [3.8, 4) is 0 Å². The topological polar surface area (TPSA) is 59.2 Å². The molecule has 0 spiro atoms. The van der Waals surface area contributed by atoms with Crippen molar-refractivity contribution in [2.75, 3.05) is 6.54 Å². The number of benzene rings is 1. The van der Waals surface area contributed by atoms with Crippen LogP contribution in [0.5, 0.6) is 0 Å². The van der Waals surface area contributed by atoms with Gasteiger partial charge in [0.05, 0.1) is 11.7 Å². The lowest BCUT2D eigenvalue weighted by Crippen LogP contribution is -2.30. The standard InChI is InChI=1S/C18H17N3O2/c1-12-9-14-10-13(4-5-17(14)23-12)18(22)21-8-2-3-16(21)15-6-7-19-11-20-15/h4-7,9-11,16H,2-3,8H2,1H3. The summed E-state index contributed by atoms with van der Waals surface area (Å²) in [7, 11) is 0. The molecule has 1 aliphatic rings. The number of carbonyl (C=O) groups excluding carboxylic acids is 1. The number of hydrogen-bond acceptors (Lipinski definition) is 4. The van der Waals surface area contributed by atoms with Gasteiger partial charge in [-0.1, -0.05) is 0 Å². The zero-order valence-corrected chi connectivity index (χ0v) is 12.9. The van der Waals surface area contributed by atoms with Crippen LogP contribution in [0.2, 0.25) is 0 Å². The van der Waals surface area contributed by atoms with Gasteiger partial charge in [-0.15, -0.1) is 0 Å². The Kier molecular flexibility index (Phi) is 3.33. The number of carbonyl (C=O) groups is 1. The molecule has 1 aromatic carbocycles. The van der Waals surface area contributed by atoms with Crippen LogP contribution < -0.4 is 0 Å². The molecule has 1 saturated heterocycles. The van der Waals surface area contributed by atoms with Crippen LogP contribution >= 0.6 is 0 Å². The Labute approximate surface area is 134 Å². The van der Waals surface area contributed by atoms with Gasteiger partial charge >= 0.3 is 0 Å². The minimum absolute atomic E-state index is 0.0345. The van der Waals surface area contributed by atoms with Crippen LogP contribution in [-0.4, -0.2) is 27.3 Å². The van der Waals surface area contributed by atoms with Crippen LogP contribution in [0.4, 0.5) is 0 Å². The largest absolute Gasteiger partial charge is 0.461 e. The molecule has 1 aliphatic heterocycles. The van der Waals surface area contributed by atoms with Crippen molar-refractivity contribution in [3.63, 3.8) is 0 Å². The van der Waals surface area contributed by atoms with Crippen molar-refractivity contribution in [1.29, 1.82) is 0 Å². The lowest BCUT2D eigenvalue weighted by molar-refractivity contribution is 0.0733. The second-order valence-corrected chi connectivity index (χ2v) is 5.90. The highest BCUT2D eigenvalue weighted by atomic mass is 16.3. The maximum atomic E-state index is 12.9. The molecule has 4 rings (SSSR count). The summed E-state index contributed by atoms with van der Waals surface area (Å²) in [5.41, 5.74) is 2.41. The van der Waals surface area contributed by atoms with E-state index >= 15 is 0 Å². The average Bonchev–Trinajstić information content (AvgIpc) is 3.19. The number of nitrogens with zero attached hydrogens (tertiary/aromatic N) is 3. The van der Waals surface area contributed by atoms with Gasteiger partial charge in [-0.25, -0.2) is 9.97 Å². The Morgan fingerprint density at radius 3 is 3.04 bits per heavy atom. The van der Waals surface area contributed by atoms with E-state index < -0.39 is 0 Å². The predicted molar refractivity (Wildman–Crippen MR) is 86.0 cm³/mol. The van der Waals surface area contributed by atoms with E-state index in [9.17, 15) is 4.79 Å². The van der Waals surface area contributed by atoms with Crippen molar-refractivity contribution < 1.29 is 9.21 Å². The smallest absolute Gasteiger partial charge is 0.254 e. The summed E-state index contributed by atoms with van der Waals surface area (Å²) in [5.74, 6) is 0.900. The molecular formula is C18H17N3O2. The van der Waals surface area contributed by atoms with Crippen molar-refractivity contribution >= 4 is 16.9 Å². The van der Waals surface area contributed by atoms with Crippen molar-refractivity contribution in [3.05, 3.63) is 59.9 Å². The van der Waals surface area contributed by atoms with Gasteiger partial charge < -0.3 is 9.32 Å². The van der Waals surface area contributed by atoms with Crippen LogP contribution in [0.1, 0.15) is 40.7 Å². The fraction of sp³-hybridized carbons (Fsp3) is 0.278. The molecule has 1 atom stereocenters. The van der Waals surface area contributed by atoms with Gasteiger partial charge in [0.2, 0.25) is 0 Å². The highest BCUT2D eigenvalue weighted by Gasteiger charge is 2.31.